The molecule has 0 radical (unpaired) electrons. The number of ether oxygens (including phenoxy) is 3. The molecule has 15 heteroatoms. The summed E-state index contributed by atoms with van der Waals surface area (Å²) in [4.78, 5) is 54.6. The zero-order chi connectivity index (χ0) is 33.0. The Labute approximate surface area is 265 Å². The molecule has 0 saturated heterocycles. The Morgan fingerprint density at radius 3 is 2.57 bits per heavy atom. The van der Waals surface area contributed by atoms with Gasteiger partial charge in [0.1, 0.15) is 17.3 Å². The van der Waals surface area contributed by atoms with Crippen LogP contribution in [0.2, 0.25) is 0 Å². The summed E-state index contributed by atoms with van der Waals surface area (Å²) in [6, 6.07) is 11.6. The molecule has 0 aliphatic carbocycles. The summed E-state index contributed by atoms with van der Waals surface area (Å²) < 4.78 is 18.1. The summed E-state index contributed by atoms with van der Waals surface area (Å²) in [6.07, 6.45) is -1.67. The highest BCUT2D eigenvalue weighted by Crippen LogP contribution is 2.41. The van der Waals surface area contributed by atoms with Crippen molar-refractivity contribution in [3.05, 3.63) is 53.1 Å². The lowest BCUT2D eigenvalue weighted by molar-refractivity contribution is -0.129. The van der Waals surface area contributed by atoms with E-state index in [4.69, 9.17) is 19.9 Å². The van der Waals surface area contributed by atoms with Gasteiger partial charge in [-0.1, -0.05) is 0 Å². The van der Waals surface area contributed by atoms with Crippen molar-refractivity contribution in [2.45, 2.75) is 26.4 Å². The predicted molar refractivity (Wildman–Crippen MR) is 168 cm³/mol. The van der Waals surface area contributed by atoms with Gasteiger partial charge in [-0.25, -0.2) is 0 Å². The van der Waals surface area contributed by atoms with E-state index in [1.165, 1.54) is 18.2 Å². The van der Waals surface area contributed by atoms with Crippen molar-refractivity contribution < 1.29 is 28.6 Å². The second-order valence-corrected chi connectivity index (χ2v) is 10.5. The summed E-state index contributed by atoms with van der Waals surface area (Å²) in [7, 11) is 3.76. The molecule has 1 unspecified atom stereocenters. The first kappa shape index (κ1) is 31.5. The standard InChI is InChI=1S/C31H33N9O6/c1-5-40(6-2)30(43)21-8-7-17(16-32)11-22(21)46-31-37-28(25-29(38-31)45-23(15-24(33)41)27(42)36-25)44-20-13-18(26-34-9-10-35-26)12-19(14-20)39(3)4/h7-8,11-14,23H,5-6,9-10,15H2,1-4H3,(H2,33,41)(H,34,35)(H,36,42). The van der Waals surface area contributed by atoms with Gasteiger partial charge in [0.25, 0.3) is 17.7 Å². The summed E-state index contributed by atoms with van der Waals surface area (Å²) >= 11 is 0. The van der Waals surface area contributed by atoms with Gasteiger partial charge in [-0.2, -0.15) is 15.2 Å². The SMILES string of the molecule is CCN(CC)C(=O)c1ccc(C#N)cc1Oc1nc(Oc2cc(C3=NCCN3)cc(N(C)C)c2)c2c(n1)OC(CC(N)=O)C(=O)N2. The van der Waals surface area contributed by atoms with Gasteiger partial charge < -0.3 is 40.4 Å². The van der Waals surface area contributed by atoms with Crippen LogP contribution in [-0.4, -0.2) is 84.8 Å². The van der Waals surface area contributed by atoms with Crippen molar-refractivity contribution in [2.75, 3.05) is 50.5 Å². The lowest BCUT2D eigenvalue weighted by Gasteiger charge is -2.26. The highest BCUT2D eigenvalue weighted by atomic mass is 16.5. The minimum atomic E-state index is -1.27. The maximum absolute atomic E-state index is 13.3. The van der Waals surface area contributed by atoms with Crippen molar-refractivity contribution in [2.24, 2.45) is 10.7 Å². The quantitative estimate of drug-likeness (QED) is 0.282. The number of primary amides is 1. The van der Waals surface area contributed by atoms with E-state index in [9.17, 15) is 19.6 Å². The van der Waals surface area contributed by atoms with Gasteiger partial charge in [-0.15, -0.1) is 0 Å². The fourth-order valence-corrected chi connectivity index (χ4v) is 4.80. The number of fused-ring (bicyclic) bond motifs is 1. The van der Waals surface area contributed by atoms with E-state index in [-0.39, 0.29) is 46.2 Å². The molecule has 3 heterocycles. The molecule has 2 aromatic carbocycles. The first-order valence-electron chi connectivity index (χ1n) is 14.6. The number of aliphatic imine (C=N–C) groups is 1. The molecule has 0 fully saturated rings. The number of benzene rings is 2. The number of carbonyl (C=O) groups excluding carboxylic acids is 3. The first-order chi connectivity index (χ1) is 22.1. The zero-order valence-corrected chi connectivity index (χ0v) is 25.8. The molecule has 238 valence electrons. The van der Waals surface area contributed by atoms with E-state index >= 15 is 0 Å². The van der Waals surface area contributed by atoms with Crippen LogP contribution in [0.15, 0.2) is 41.4 Å². The maximum Gasteiger partial charge on any atom is 0.328 e. The number of nitrogens with two attached hydrogens (primary N) is 1. The minimum absolute atomic E-state index is 0.00331. The highest BCUT2D eigenvalue weighted by molar-refractivity contribution is 6.02. The second kappa shape index (κ2) is 13.4. The number of hydrogen-bond acceptors (Lipinski definition) is 12. The van der Waals surface area contributed by atoms with Crippen LogP contribution >= 0.6 is 0 Å². The number of nitrogens with zero attached hydrogens (tertiary/aromatic N) is 6. The van der Waals surface area contributed by atoms with E-state index < -0.39 is 24.3 Å². The number of rotatable bonds is 11. The molecule has 46 heavy (non-hydrogen) atoms. The molecular weight excluding hydrogens is 594 g/mol. The van der Waals surface area contributed by atoms with Gasteiger partial charge in [-0.3, -0.25) is 19.4 Å². The van der Waals surface area contributed by atoms with Crippen molar-refractivity contribution in [3.8, 4) is 35.3 Å². The molecule has 15 nitrogen and oxygen atoms in total. The summed E-state index contributed by atoms with van der Waals surface area (Å²) in [5, 5.41) is 15.4. The molecule has 0 saturated carbocycles. The lowest BCUT2D eigenvalue weighted by atomic mass is 10.1. The Bertz CT molecular complexity index is 1760. The third-order valence-electron chi connectivity index (χ3n) is 7.17. The molecule has 2 aliphatic heterocycles. The second-order valence-electron chi connectivity index (χ2n) is 10.5. The topological polar surface area (TPSA) is 197 Å². The summed E-state index contributed by atoms with van der Waals surface area (Å²) in [5.74, 6) is -0.924. The minimum Gasteiger partial charge on any atom is -0.462 e. The normalized spacial score (nSPS) is 14.9. The monoisotopic (exact) mass is 627 g/mol. The van der Waals surface area contributed by atoms with Crippen molar-refractivity contribution in [3.63, 3.8) is 0 Å². The number of hydrogen-bond donors (Lipinski definition) is 3. The van der Waals surface area contributed by atoms with E-state index in [1.807, 2.05) is 45.0 Å². The van der Waals surface area contributed by atoms with E-state index in [0.717, 1.165) is 11.3 Å². The van der Waals surface area contributed by atoms with Crippen LogP contribution in [-0.2, 0) is 9.59 Å². The average molecular weight is 628 g/mol. The third kappa shape index (κ3) is 6.75. The van der Waals surface area contributed by atoms with Gasteiger partial charge in [0.2, 0.25) is 11.8 Å². The molecule has 2 aliphatic rings. The Kier molecular flexibility index (Phi) is 9.17. The number of aromatic nitrogens is 2. The van der Waals surface area contributed by atoms with Crippen LogP contribution in [0.1, 0.15) is 41.8 Å². The van der Waals surface area contributed by atoms with Crippen molar-refractivity contribution in [1.82, 2.24) is 20.2 Å². The third-order valence-corrected chi connectivity index (χ3v) is 7.17. The number of nitriles is 1. The van der Waals surface area contributed by atoms with E-state index in [1.54, 1.807) is 17.0 Å². The number of carbonyl (C=O) groups is 3. The number of amides is 3. The van der Waals surface area contributed by atoms with Crippen LogP contribution in [0.3, 0.4) is 0 Å². The Morgan fingerprint density at radius 1 is 1.13 bits per heavy atom. The molecule has 5 rings (SSSR count). The Balaban J connectivity index is 1.60. The van der Waals surface area contributed by atoms with Gasteiger partial charge >= 0.3 is 6.01 Å². The number of anilines is 2. The van der Waals surface area contributed by atoms with Crippen LogP contribution in [0.25, 0.3) is 0 Å². The van der Waals surface area contributed by atoms with Gasteiger partial charge in [0, 0.05) is 51.0 Å². The van der Waals surface area contributed by atoms with Crippen LogP contribution in [0, 0.1) is 11.3 Å². The summed E-state index contributed by atoms with van der Waals surface area (Å²) in [6.45, 7) is 5.95. The maximum atomic E-state index is 13.3. The fraction of sp³-hybridized carbons (Fsp3) is 0.323. The first-order valence-corrected chi connectivity index (χ1v) is 14.6. The largest absolute Gasteiger partial charge is 0.462 e. The molecule has 3 aromatic rings. The molecule has 4 N–H and O–H groups in total. The Morgan fingerprint density at radius 2 is 1.91 bits per heavy atom. The van der Waals surface area contributed by atoms with Crippen LogP contribution in [0.5, 0.6) is 29.3 Å². The van der Waals surface area contributed by atoms with E-state index in [0.29, 0.717) is 37.8 Å². The van der Waals surface area contributed by atoms with Gasteiger partial charge in [0.05, 0.1) is 30.2 Å². The molecule has 1 aromatic heterocycles. The molecular formula is C31H33N9O6. The van der Waals surface area contributed by atoms with Crippen molar-refractivity contribution in [1.29, 1.82) is 5.26 Å². The average Bonchev–Trinajstić information content (AvgIpc) is 3.57. The van der Waals surface area contributed by atoms with Crippen molar-refractivity contribution >= 4 is 34.9 Å². The molecule has 0 spiro atoms. The molecule has 3 amide bonds. The smallest absolute Gasteiger partial charge is 0.328 e. The van der Waals surface area contributed by atoms with Gasteiger partial charge in [0.15, 0.2) is 11.8 Å². The predicted octanol–water partition coefficient (Wildman–Crippen LogP) is 2.41. The highest BCUT2D eigenvalue weighted by Gasteiger charge is 2.34. The number of nitrogens with one attached hydrogen (secondary N) is 2. The number of amidine groups is 1. The van der Waals surface area contributed by atoms with Crippen LogP contribution < -0.4 is 35.5 Å². The lowest BCUT2D eigenvalue weighted by Crippen LogP contribution is -2.40. The summed E-state index contributed by atoms with van der Waals surface area (Å²) in [5.41, 5.74) is 7.32. The Hall–Kier alpha value is -5.91. The molecule has 1 atom stereocenters. The zero-order valence-electron chi connectivity index (χ0n) is 25.8. The molecule has 0 bridgehead atoms. The van der Waals surface area contributed by atoms with E-state index in [2.05, 4.69) is 25.6 Å². The fourth-order valence-electron chi connectivity index (χ4n) is 4.80. The van der Waals surface area contributed by atoms with Gasteiger partial charge in [-0.05, 0) is 44.2 Å². The van der Waals surface area contributed by atoms with Crippen LogP contribution in [0.4, 0.5) is 11.4 Å².